The van der Waals surface area contributed by atoms with Crippen LogP contribution in [-0.2, 0) is 11.2 Å². The van der Waals surface area contributed by atoms with E-state index in [0.717, 1.165) is 38.0 Å². The Labute approximate surface area is 131 Å². The van der Waals surface area contributed by atoms with E-state index in [2.05, 4.69) is 9.97 Å². The molecule has 1 aromatic heterocycles. The van der Waals surface area contributed by atoms with E-state index in [0.29, 0.717) is 11.7 Å². The van der Waals surface area contributed by atoms with Crippen molar-refractivity contribution in [3.05, 3.63) is 23.3 Å². The molecule has 1 atom stereocenters. The van der Waals surface area contributed by atoms with Gasteiger partial charge in [0.15, 0.2) is 0 Å². The zero-order valence-electron chi connectivity index (χ0n) is 13.5. The van der Waals surface area contributed by atoms with Gasteiger partial charge in [0, 0.05) is 24.7 Å². The molecule has 1 saturated heterocycles. The molecule has 6 nitrogen and oxygen atoms in total. The molecule has 22 heavy (non-hydrogen) atoms. The summed E-state index contributed by atoms with van der Waals surface area (Å²) in [7, 11) is 0. The average Bonchev–Trinajstić information content (AvgIpc) is 2.46. The summed E-state index contributed by atoms with van der Waals surface area (Å²) in [5, 5.41) is 0. The topological polar surface area (TPSA) is 89.2 Å². The molecule has 2 N–H and O–H groups in total. The van der Waals surface area contributed by atoms with Crippen LogP contribution in [0.2, 0.25) is 0 Å². The van der Waals surface area contributed by atoms with E-state index < -0.39 is 5.91 Å². The molecule has 0 spiro atoms. The smallest absolute Gasteiger partial charge is 0.267 e. The molecule has 1 fully saturated rings. The number of carbonyl (C=O) groups excluding carboxylic acids is 2. The highest BCUT2D eigenvalue weighted by Gasteiger charge is 2.25. The first kappa shape index (κ1) is 16.4. The fraction of sp³-hybridized carbons (Fsp3) is 0.625. The number of nitrogens with zero attached hydrogens (tertiary/aromatic N) is 3. The van der Waals surface area contributed by atoms with Crippen LogP contribution in [0.15, 0.2) is 6.07 Å². The monoisotopic (exact) mass is 304 g/mol. The van der Waals surface area contributed by atoms with Gasteiger partial charge in [-0.05, 0) is 38.2 Å². The Kier molecular flexibility index (Phi) is 5.11. The molecule has 0 saturated carbocycles. The van der Waals surface area contributed by atoms with Crippen LogP contribution in [0.1, 0.15) is 48.7 Å². The predicted octanol–water partition coefficient (Wildman–Crippen LogP) is 1.32. The van der Waals surface area contributed by atoms with Gasteiger partial charge in [-0.1, -0.05) is 13.8 Å². The lowest BCUT2D eigenvalue weighted by atomic mass is 9.92. The standard InChI is InChI=1S/C16H24N4O2/c1-10(2)16(22)20-6-4-5-12(9-20)7-13-8-14(15(17)21)19-11(3)18-13/h8,10,12H,4-7,9H2,1-3H3,(H2,17,21). The maximum absolute atomic E-state index is 12.1. The Bertz CT molecular complexity index is 571. The molecule has 2 amide bonds. The number of hydrogen-bond donors (Lipinski definition) is 1. The predicted molar refractivity (Wildman–Crippen MR) is 83.1 cm³/mol. The maximum atomic E-state index is 12.1. The van der Waals surface area contributed by atoms with Gasteiger partial charge in [-0.2, -0.15) is 0 Å². The van der Waals surface area contributed by atoms with Gasteiger partial charge in [0.1, 0.15) is 11.5 Å². The second-order valence-electron chi connectivity index (χ2n) is 6.31. The summed E-state index contributed by atoms with van der Waals surface area (Å²) in [6, 6.07) is 1.67. The van der Waals surface area contributed by atoms with Gasteiger partial charge in [0.2, 0.25) is 5.91 Å². The Morgan fingerprint density at radius 3 is 2.77 bits per heavy atom. The van der Waals surface area contributed by atoms with Crippen molar-refractivity contribution < 1.29 is 9.59 Å². The van der Waals surface area contributed by atoms with Crippen LogP contribution in [0.4, 0.5) is 0 Å². The van der Waals surface area contributed by atoms with Crippen molar-refractivity contribution in [2.45, 2.75) is 40.0 Å². The van der Waals surface area contributed by atoms with Crippen molar-refractivity contribution in [2.24, 2.45) is 17.6 Å². The Morgan fingerprint density at radius 1 is 1.41 bits per heavy atom. The SMILES string of the molecule is Cc1nc(CC2CCCN(C(=O)C(C)C)C2)cc(C(N)=O)n1. The molecule has 1 aliphatic rings. The Morgan fingerprint density at radius 2 is 2.14 bits per heavy atom. The highest BCUT2D eigenvalue weighted by atomic mass is 16.2. The molecule has 2 heterocycles. The van der Waals surface area contributed by atoms with Gasteiger partial charge in [0.05, 0.1) is 0 Å². The minimum absolute atomic E-state index is 0.0292. The first-order valence-electron chi connectivity index (χ1n) is 7.80. The summed E-state index contributed by atoms with van der Waals surface area (Å²) in [5.74, 6) is 0.624. The summed E-state index contributed by atoms with van der Waals surface area (Å²) in [6.07, 6.45) is 2.82. The Hall–Kier alpha value is -1.98. The zero-order chi connectivity index (χ0) is 16.3. The molecule has 0 bridgehead atoms. The van der Waals surface area contributed by atoms with Crippen LogP contribution in [0, 0.1) is 18.8 Å². The van der Waals surface area contributed by atoms with Crippen LogP contribution < -0.4 is 5.73 Å². The number of likely N-dealkylation sites (tertiary alicyclic amines) is 1. The number of amides is 2. The Balaban J connectivity index is 2.07. The number of primary amides is 1. The molecule has 6 heteroatoms. The molecule has 0 radical (unpaired) electrons. The lowest BCUT2D eigenvalue weighted by Crippen LogP contribution is -2.42. The van der Waals surface area contributed by atoms with Crippen molar-refractivity contribution in [1.29, 1.82) is 0 Å². The van der Waals surface area contributed by atoms with Gasteiger partial charge in [0.25, 0.3) is 5.91 Å². The van der Waals surface area contributed by atoms with E-state index >= 15 is 0 Å². The highest BCUT2D eigenvalue weighted by molar-refractivity contribution is 5.90. The first-order valence-corrected chi connectivity index (χ1v) is 7.80. The van der Waals surface area contributed by atoms with Crippen molar-refractivity contribution in [3.63, 3.8) is 0 Å². The van der Waals surface area contributed by atoms with Gasteiger partial charge in [-0.25, -0.2) is 9.97 Å². The molecule has 1 unspecified atom stereocenters. The number of rotatable bonds is 4. The van der Waals surface area contributed by atoms with Gasteiger partial charge >= 0.3 is 0 Å². The van der Waals surface area contributed by atoms with E-state index in [1.807, 2.05) is 18.7 Å². The normalized spacial score (nSPS) is 18.5. The molecule has 0 aromatic carbocycles. The van der Waals surface area contributed by atoms with Crippen LogP contribution in [0.25, 0.3) is 0 Å². The minimum atomic E-state index is -0.535. The summed E-state index contributed by atoms with van der Waals surface area (Å²) >= 11 is 0. The largest absolute Gasteiger partial charge is 0.364 e. The molecule has 2 rings (SSSR count). The van der Waals surface area contributed by atoms with Crippen LogP contribution in [-0.4, -0.2) is 39.8 Å². The summed E-state index contributed by atoms with van der Waals surface area (Å²) in [4.78, 5) is 33.8. The fourth-order valence-corrected chi connectivity index (χ4v) is 2.95. The van der Waals surface area contributed by atoms with E-state index in [1.165, 1.54) is 0 Å². The van der Waals surface area contributed by atoms with Gasteiger partial charge in [-0.3, -0.25) is 9.59 Å². The number of piperidine rings is 1. The lowest BCUT2D eigenvalue weighted by molar-refractivity contribution is -0.136. The summed E-state index contributed by atoms with van der Waals surface area (Å²) < 4.78 is 0. The number of nitrogens with two attached hydrogens (primary N) is 1. The lowest BCUT2D eigenvalue weighted by Gasteiger charge is -2.33. The first-order chi connectivity index (χ1) is 10.4. The quantitative estimate of drug-likeness (QED) is 0.908. The third kappa shape index (κ3) is 4.02. The molecule has 1 aliphatic heterocycles. The van der Waals surface area contributed by atoms with E-state index in [-0.39, 0.29) is 17.5 Å². The molecule has 120 valence electrons. The van der Waals surface area contributed by atoms with Crippen molar-refractivity contribution in [2.75, 3.05) is 13.1 Å². The number of aryl methyl sites for hydroxylation is 1. The van der Waals surface area contributed by atoms with E-state index in [1.54, 1.807) is 13.0 Å². The maximum Gasteiger partial charge on any atom is 0.267 e. The number of hydrogen-bond acceptors (Lipinski definition) is 4. The fourth-order valence-electron chi connectivity index (χ4n) is 2.95. The molecular formula is C16H24N4O2. The summed E-state index contributed by atoms with van der Waals surface area (Å²) in [5.41, 5.74) is 6.38. The third-order valence-corrected chi connectivity index (χ3v) is 3.97. The molecule has 0 aliphatic carbocycles. The minimum Gasteiger partial charge on any atom is -0.364 e. The van der Waals surface area contributed by atoms with Crippen LogP contribution >= 0.6 is 0 Å². The van der Waals surface area contributed by atoms with Crippen molar-refractivity contribution in [3.8, 4) is 0 Å². The van der Waals surface area contributed by atoms with Crippen molar-refractivity contribution >= 4 is 11.8 Å². The number of aromatic nitrogens is 2. The second-order valence-corrected chi connectivity index (χ2v) is 6.31. The van der Waals surface area contributed by atoms with Crippen LogP contribution in [0.3, 0.4) is 0 Å². The molecule has 1 aromatic rings. The second kappa shape index (κ2) is 6.85. The summed E-state index contributed by atoms with van der Waals surface area (Å²) in [6.45, 7) is 7.21. The van der Waals surface area contributed by atoms with Crippen LogP contribution in [0.5, 0.6) is 0 Å². The van der Waals surface area contributed by atoms with Gasteiger partial charge in [-0.15, -0.1) is 0 Å². The van der Waals surface area contributed by atoms with Gasteiger partial charge < -0.3 is 10.6 Å². The third-order valence-electron chi connectivity index (χ3n) is 3.97. The number of carbonyl (C=O) groups is 2. The molecular weight excluding hydrogens is 280 g/mol. The van der Waals surface area contributed by atoms with E-state index in [9.17, 15) is 9.59 Å². The zero-order valence-corrected chi connectivity index (χ0v) is 13.5. The van der Waals surface area contributed by atoms with Crippen molar-refractivity contribution in [1.82, 2.24) is 14.9 Å². The average molecular weight is 304 g/mol. The highest BCUT2D eigenvalue weighted by Crippen LogP contribution is 2.21. The van der Waals surface area contributed by atoms with E-state index in [4.69, 9.17) is 5.73 Å².